The molecule has 0 unspecified atom stereocenters. The Bertz CT molecular complexity index is 453. The lowest BCUT2D eigenvalue weighted by molar-refractivity contribution is -0.123. The van der Waals surface area contributed by atoms with E-state index in [1.54, 1.807) is 0 Å². The Hall–Kier alpha value is -1.39. The number of rotatable bonds is 4. The van der Waals surface area contributed by atoms with Gasteiger partial charge in [0.25, 0.3) is 0 Å². The Morgan fingerprint density at radius 2 is 2.15 bits per heavy atom. The third kappa shape index (κ3) is 4.32. The summed E-state index contributed by atoms with van der Waals surface area (Å²) >= 11 is 0. The molecule has 0 aromatic heterocycles. The third-order valence-electron chi connectivity index (χ3n) is 3.92. The maximum absolute atomic E-state index is 12.1. The number of nitrogens with one attached hydrogen (secondary N) is 1. The van der Waals surface area contributed by atoms with Gasteiger partial charge in [0.2, 0.25) is 5.91 Å². The van der Waals surface area contributed by atoms with Crippen LogP contribution in [0.1, 0.15) is 36.9 Å². The van der Waals surface area contributed by atoms with Crippen LogP contribution in [0.4, 0.5) is 0 Å². The van der Waals surface area contributed by atoms with Crippen LogP contribution in [0.15, 0.2) is 24.3 Å². The predicted molar refractivity (Wildman–Crippen MR) is 81.4 cm³/mol. The Morgan fingerprint density at radius 1 is 1.45 bits per heavy atom. The molecule has 1 fully saturated rings. The predicted octanol–water partition coefficient (Wildman–Crippen LogP) is 1.60. The highest BCUT2D eigenvalue weighted by atomic mass is 16.2. The van der Waals surface area contributed by atoms with Crippen molar-refractivity contribution in [3.05, 3.63) is 35.4 Å². The van der Waals surface area contributed by atoms with Gasteiger partial charge in [-0.25, -0.2) is 0 Å². The van der Waals surface area contributed by atoms with Gasteiger partial charge >= 0.3 is 0 Å². The number of carbonyl (C=O) groups excluding carboxylic acids is 1. The van der Waals surface area contributed by atoms with E-state index in [9.17, 15) is 4.79 Å². The second kappa shape index (κ2) is 6.86. The lowest BCUT2D eigenvalue weighted by Gasteiger charge is -2.29. The largest absolute Gasteiger partial charge is 0.348 e. The zero-order valence-corrected chi connectivity index (χ0v) is 12.4. The Balaban J connectivity index is 1.82. The first-order valence-corrected chi connectivity index (χ1v) is 7.38. The van der Waals surface area contributed by atoms with E-state index < -0.39 is 0 Å². The molecular formula is C16H25N3O. The lowest BCUT2D eigenvalue weighted by atomic mass is 10.1. The standard InChI is InChI=1S/C16H25N3O/c1-12-4-3-5-14(10-12)13(2)18-16(20)11-19-8-6-15(17)7-9-19/h3-5,10,13,15H,6-9,11,17H2,1-2H3,(H,18,20)/t13-/m0/s1. The molecule has 4 heteroatoms. The van der Waals surface area contributed by atoms with Gasteiger partial charge in [0.15, 0.2) is 0 Å². The van der Waals surface area contributed by atoms with E-state index in [1.807, 2.05) is 13.0 Å². The van der Waals surface area contributed by atoms with E-state index in [1.165, 1.54) is 5.56 Å². The van der Waals surface area contributed by atoms with Gasteiger partial charge in [0.1, 0.15) is 0 Å². The molecule has 0 bridgehead atoms. The summed E-state index contributed by atoms with van der Waals surface area (Å²) in [7, 11) is 0. The first-order valence-electron chi connectivity index (χ1n) is 7.38. The van der Waals surface area contributed by atoms with E-state index in [-0.39, 0.29) is 11.9 Å². The van der Waals surface area contributed by atoms with Gasteiger partial charge in [0, 0.05) is 19.1 Å². The quantitative estimate of drug-likeness (QED) is 0.877. The van der Waals surface area contributed by atoms with Crippen molar-refractivity contribution in [3.8, 4) is 0 Å². The summed E-state index contributed by atoms with van der Waals surface area (Å²) in [5.74, 6) is 0.0921. The van der Waals surface area contributed by atoms with Gasteiger partial charge in [-0.2, -0.15) is 0 Å². The summed E-state index contributed by atoms with van der Waals surface area (Å²) in [6, 6.07) is 8.62. The number of piperidine rings is 1. The molecule has 0 aliphatic carbocycles. The Kier molecular flexibility index (Phi) is 5.15. The molecule has 1 heterocycles. The fourth-order valence-electron chi connectivity index (χ4n) is 2.62. The molecule has 1 atom stereocenters. The number of carbonyl (C=O) groups is 1. The summed E-state index contributed by atoms with van der Waals surface area (Å²) in [6.07, 6.45) is 1.97. The summed E-state index contributed by atoms with van der Waals surface area (Å²) < 4.78 is 0. The van der Waals surface area contributed by atoms with Crippen LogP contribution in [0, 0.1) is 6.92 Å². The highest BCUT2D eigenvalue weighted by Gasteiger charge is 2.19. The van der Waals surface area contributed by atoms with Gasteiger partial charge in [-0.05, 0) is 32.3 Å². The second-order valence-electron chi connectivity index (χ2n) is 5.82. The van der Waals surface area contributed by atoms with E-state index in [2.05, 4.69) is 35.3 Å². The maximum Gasteiger partial charge on any atom is 0.234 e. The molecule has 1 aromatic rings. The highest BCUT2D eigenvalue weighted by molar-refractivity contribution is 5.78. The number of hydrogen-bond acceptors (Lipinski definition) is 3. The second-order valence-corrected chi connectivity index (χ2v) is 5.82. The molecule has 2 rings (SSSR count). The van der Waals surface area contributed by atoms with Crippen LogP contribution in [0.3, 0.4) is 0 Å². The van der Waals surface area contributed by atoms with Crippen molar-refractivity contribution in [2.24, 2.45) is 5.73 Å². The minimum absolute atomic E-state index is 0.0504. The van der Waals surface area contributed by atoms with Gasteiger partial charge in [-0.15, -0.1) is 0 Å². The molecule has 0 radical (unpaired) electrons. The summed E-state index contributed by atoms with van der Waals surface area (Å²) in [4.78, 5) is 14.3. The van der Waals surface area contributed by atoms with Crippen molar-refractivity contribution in [1.29, 1.82) is 0 Å². The van der Waals surface area contributed by atoms with Crippen LogP contribution in [-0.4, -0.2) is 36.5 Å². The summed E-state index contributed by atoms with van der Waals surface area (Å²) in [5, 5.41) is 3.07. The number of likely N-dealkylation sites (tertiary alicyclic amines) is 1. The van der Waals surface area contributed by atoms with Gasteiger partial charge in [-0.1, -0.05) is 29.8 Å². The minimum Gasteiger partial charge on any atom is -0.348 e. The molecule has 1 aliphatic rings. The van der Waals surface area contributed by atoms with Crippen LogP contribution in [-0.2, 0) is 4.79 Å². The van der Waals surface area contributed by atoms with Crippen LogP contribution in [0.25, 0.3) is 0 Å². The average molecular weight is 275 g/mol. The van der Waals surface area contributed by atoms with Crippen molar-refractivity contribution in [3.63, 3.8) is 0 Å². The average Bonchev–Trinajstić information content (AvgIpc) is 2.41. The SMILES string of the molecule is Cc1cccc([C@H](C)NC(=O)CN2CCC(N)CC2)c1. The van der Waals surface area contributed by atoms with Crippen molar-refractivity contribution in [1.82, 2.24) is 10.2 Å². The van der Waals surface area contributed by atoms with Crippen LogP contribution < -0.4 is 11.1 Å². The molecule has 1 aliphatic heterocycles. The molecular weight excluding hydrogens is 250 g/mol. The highest BCUT2D eigenvalue weighted by Crippen LogP contribution is 2.14. The zero-order valence-electron chi connectivity index (χ0n) is 12.4. The number of nitrogens with zero attached hydrogens (tertiary/aromatic N) is 1. The van der Waals surface area contributed by atoms with Gasteiger partial charge < -0.3 is 11.1 Å². The van der Waals surface area contributed by atoms with Crippen molar-refractivity contribution in [2.75, 3.05) is 19.6 Å². The van der Waals surface area contributed by atoms with Crippen LogP contribution in [0.2, 0.25) is 0 Å². The molecule has 3 N–H and O–H groups in total. The Labute approximate surface area is 121 Å². The molecule has 4 nitrogen and oxygen atoms in total. The first kappa shape index (κ1) is 15.0. The normalized spacial score (nSPS) is 18.8. The summed E-state index contributed by atoms with van der Waals surface area (Å²) in [6.45, 7) is 6.41. The Morgan fingerprint density at radius 3 is 2.80 bits per heavy atom. The van der Waals surface area contributed by atoms with E-state index in [0.717, 1.165) is 31.5 Å². The first-order chi connectivity index (χ1) is 9.54. The number of amides is 1. The van der Waals surface area contributed by atoms with Crippen molar-refractivity contribution >= 4 is 5.91 Å². The molecule has 1 amide bonds. The fraction of sp³-hybridized carbons (Fsp3) is 0.562. The molecule has 110 valence electrons. The number of aryl methyl sites for hydroxylation is 1. The van der Waals surface area contributed by atoms with Gasteiger partial charge in [-0.3, -0.25) is 9.69 Å². The zero-order chi connectivity index (χ0) is 14.5. The molecule has 20 heavy (non-hydrogen) atoms. The van der Waals surface area contributed by atoms with E-state index in [4.69, 9.17) is 5.73 Å². The monoisotopic (exact) mass is 275 g/mol. The van der Waals surface area contributed by atoms with Crippen molar-refractivity contribution in [2.45, 2.75) is 38.8 Å². The van der Waals surface area contributed by atoms with E-state index in [0.29, 0.717) is 12.6 Å². The molecule has 1 aromatic carbocycles. The summed E-state index contributed by atoms with van der Waals surface area (Å²) in [5.41, 5.74) is 8.24. The van der Waals surface area contributed by atoms with Gasteiger partial charge in [0.05, 0.1) is 12.6 Å². The van der Waals surface area contributed by atoms with Crippen LogP contribution in [0.5, 0.6) is 0 Å². The minimum atomic E-state index is 0.0504. The topological polar surface area (TPSA) is 58.4 Å². The maximum atomic E-state index is 12.1. The molecule has 0 spiro atoms. The number of nitrogens with two attached hydrogens (primary N) is 1. The van der Waals surface area contributed by atoms with Crippen LogP contribution >= 0.6 is 0 Å². The lowest BCUT2D eigenvalue weighted by Crippen LogP contribution is -2.44. The fourth-order valence-corrected chi connectivity index (χ4v) is 2.62. The molecule has 1 saturated heterocycles. The van der Waals surface area contributed by atoms with E-state index >= 15 is 0 Å². The smallest absolute Gasteiger partial charge is 0.234 e. The number of hydrogen-bond donors (Lipinski definition) is 2. The van der Waals surface area contributed by atoms with Crippen molar-refractivity contribution < 1.29 is 4.79 Å². The third-order valence-corrected chi connectivity index (χ3v) is 3.92. The molecule has 0 saturated carbocycles. The number of benzene rings is 1.